The van der Waals surface area contributed by atoms with Crippen molar-refractivity contribution < 1.29 is 4.39 Å². The van der Waals surface area contributed by atoms with Crippen molar-refractivity contribution in [2.45, 2.75) is 26.3 Å². The van der Waals surface area contributed by atoms with Gasteiger partial charge in [-0.25, -0.2) is 4.39 Å². The van der Waals surface area contributed by atoms with Crippen LogP contribution in [-0.2, 0) is 6.42 Å². The minimum atomic E-state index is -0.388. The van der Waals surface area contributed by atoms with E-state index in [0.717, 1.165) is 16.7 Å². The average molecular weight is 278 g/mol. The Morgan fingerprint density at radius 1 is 1.11 bits per heavy atom. The maximum absolute atomic E-state index is 13.9. The van der Waals surface area contributed by atoms with Crippen molar-refractivity contribution in [1.82, 2.24) is 0 Å². The molecule has 0 spiro atoms. The van der Waals surface area contributed by atoms with Crippen LogP contribution < -0.4 is 5.73 Å². The predicted molar refractivity (Wildman–Crippen MR) is 78.0 cm³/mol. The normalized spacial score (nSPS) is 12.5. The predicted octanol–water partition coefficient (Wildman–Crippen LogP) is 4.34. The zero-order chi connectivity index (χ0) is 14.0. The zero-order valence-corrected chi connectivity index (χ0v) is 11.8. The van der Waals surface area contributed by atoms with Gasteiger partial charge in [-0.3, -0.25) is 0 Å². The minimum Gasteiger partial charge on any atom is -0.324 e. The van der Waals surface area contributed by atoms with E-state index in [-0.39, 0.29) is 11.9 Å². The average Bonchev–Trinajstić information content (AvgIpc) is 2.32. The number of nitrogens with two attached hydrogens (primary N) is 1. The van der Waals surface area contributed by atoms with E-state index in [9.17, 15) is 4.39 Å². The van der Waals surface area contributed by atoms with Gasteiger partial charge in [-0.15, -0.1) is 0 Å². The molecular formula is C16H17ClFN. The molecule has 2 rings (SSSR count). The van der Waals surface area contributed by atoms with Crippen molar-refractivity contribution in [2.24, 2.45) is 5.73 Å². The van der Waals surface area contributed by atoms with Gasteiger partial charge in [0.05, 0.1) is 0 Å². The van der Waals surface area contributed by atoms with Crippen molar-refractivity contribution >= 4 is 11.6 Å². The van der Waals surface area contributed by atoms with Crippen LogP contribution in [0.4, 0.5) is 4.39 Å². The summed E-state index contributed by atoms with van der Waals surface area (Å²) in [4.78, 5) is 0. The first-order chi connectivity index (χ1) is 8.97. The zero-order valence-electron chi connectivity index (χ0n) is 11.1. The summed E-state index contributed by atoms with van der Waals surface area (Å²) in [5.41, 5.74) is 9.55. The molecule has 0 fully saturated rings. The molecular weight excluding hydrogens is 261 g/mol. The molecule has 0 radical (unpaired) electrons. The van der Waals surface area contributed by atoms with Crippen LogP contribution in [0.2, 0.25) is 5.02 Å². The van der Waals surface area contributed by atoms with Crippen molar-refractivity contribution in [3.63, 3.8) is 0 Å². The molecule has 0 aromatic heterocycles. The fourth-order valence-corrected chi connectivity index (χ4v) is 2.41. The molecule has 1 atom stereocenters. The van der Waals surface area contributed by atoms with Crippen molar-refractivity contribution in [3.8, 4) is 0 Å². The fourth-order valence-electron chi connectivity index (χ4n) is 2.10. The molecule has 0 saturated heterocycles. The van der Waals surface area contributed by atoms with Crippen LogP contribution in [0.3, 0.4) is 0 Å². The van der Waals surface area contributed by atoms with Gasteiger partial charge in [0, 0.05) is 16.6 Å². The molecule has 0 aliphatic carbocycles. The summed E-state index contributed by atoms with van der Waals surface area (Å²) in [6.45, 7) is 3.84. The standard InChI is InChI=1S/C16H17ClFN/c1-10-3-5-12(14(17)7-10)9-16(19)13-6-4-11(2)8-15(13)18/h3-8,16H,9,19H2,1-2H3. The molecule has 0 aliphatic heterocycles. The topological polar surface area (TPSA) is 26.0 Å². The summed E-state index contributed by atoms with van der Waals surface area (Å²) < 4.78 is 13.9. The molecule has 0 heterocycles. The number of hydrogen-bond acceptors (Lipinski definition) is 1. The Morgan fingerprint density at radius 3 is 2.37 bits per heavy atom. The number of benzene rings is 2. The highest BCUT2D eigenvalue weighted by atomic mass is 35.5. The monoisotopic (exact) mass is 277 g/mol. The Balaban J connectivity index is 2.23. The van der Waals surface area contributed by atoms with Gasteiger partial charge in [0.1, 0.15) is 5.82 Å². The van der Waals surface area contributed by atoms with Gasteiger partial charge in [-0.05, 0) is 49.1 Å². The maximum atomic E-state index is 13.9. The van der Waals surface area contributed by atoms with Crippen LogP contribution in [-0.4, -0.2) is 0 Å². The molecule has 1 unspecified atom stereocenters. The first-order valence-electron chi connectivity index (χ1n) is 6.24. The number of aryl methyl sites for hydroxylation is 2. The number of hydrogen-bond donors (Lipinski definition) is 1. The van der Waals surface area contributed by atoms with Gasteiger partial charge in [0.25, 0.3) is 0 Å². The van der Waals surface area contributed by atoms with E-state index in [1.54, 1.807) is 6.07 Å². The molecule has 2 N–H and O–H groups in total. The lowest BCUT2D eigenvalue weighted by molar-refractivity contribution is 0.579. The van der Waals surface area contributed by atoms with E-state index >= 15 is 0 Å². The van der Waals surface area contributed by atoms with Crippen LogP contribution in [0.1, 0.15) is 28.3 Å². The Kier molecular flexibility index (Phi) is 4.23. The van der Waals surface area contributed by atoms with Gasteiger partial charge in [0.2, 0.25) is 0 Å². The summed E-state index contributed by atoms with van der Waals surface area (Å²) in [5.74, 6) is -0.254. The molecule has 0 amide bonds. The first kappa shape index (κ1) is 14.0. The van der Waals surface area contributed by atoms with Crippen LogP contribution in [0.5, 0.6) is 0 Å². The second-order valence-corrected chi connectivity index (χ2v) is 5.34. The highest BCUT2D eigenvalue weighted by Crippen LogP contribution is 2.25. The smallest absolute Gasteiger partial charge is 0.128 e. The third-order valence-corrected chi connectivity index (χ3v) is 3.56. The number of rotatable bonds is 3. The first-order valence-corrected chi connectivity index (χ1v) is 6.62. The van der Waals surface area contributed by atoms with Gasteiger partial charge >= 0.3 is 0 Å². The molecule has 0 saturated carbocycles. The van der Waals surface area contributed by atoms with E-state index < -0.39 is 0 Å². The van der Waals surface area contributed by atoms with Gasteiger partial charge in [0.15, 0.2) is 0 Å². The lowest BCUT2D eigenvalue weighted by Gasteiger charge is -2.15. The Hall–Kier alpha value is -1.38. The van der Waals surface area contributed by atoms with Crippen LogP contribution in [0, 0.1) is 19.7 Å². The largest absolute Gasteiger partial charge is 0.324 e. The second kappa shape index (κ2) is 5.72. The minimum absolute atomic E-state index is 0.254. The Labute approximate surface area is 118 Å². The van der Waals surface area contributed by atoms with Crippen molar-refractivity contribution in [2.75, 3.05) is 0 Å². The summed E-state index contributed by atoms with van der Waals surface area (Å²) in [6.07, 6.45) is 0.527. The number of halogens is 2. The summed E-state index contributed by atoms with van der Waals surface area (Å²) in [6, 6.07) is 10.6. The van der Waals surface area contributed by atoms with E-state index in [1.807, 2.05) is 38.1 Å². The molecule has 2 aromatic carbocycles. The van der Waals surface area contributed by atoms with Gasteiger partial charge in [-0.2, -0.15) is 0 Å². The van der Waals surface area contributed by atoms with Gasteiger partial charge in [-0.1, -0.05) is 35.9 Å². The SMILES string of the molecule is Cc1ccc(C(N)Cc2ccc(C)cc2Cl)c(F)c1. The summed E-state index contributed by atoms with van der Waals surface area (Å²) >= 11 is 6.18. The van der Waals surface area contributed by atoms with Crippen molar-refractivity contribution in [3.05, 3.63) is 69.5 Å². The second-order valence-electron chi connectivity index (χ2n) is 4.93. The summed E-state index contributed by atoms with van der Waals surface area (Å²) in [7, 11) is 0. The van der Waals surface area contributed by atoms with E-state index in [1.165, 1.54) is 6.07 Å². The quantitative estimate of drug-likeness (QED) is 0.887. The Morgan fingerprint density at radius 2 is 1.74 bits per heavy atom. The molecule has 0 aliphatic rings. The van der Waals surface area contributed by atoms with Crippen LogP contribution in [0.15, 0.2) is 36.4 Å². The molecule has 1 nitrogen and oxygen atoms in total. The lowest BCUT2D eigenvalue weighted by atomic mass is 9.97. The van der Waals surface area contributed by atoms with Crippen LogP contribution in [0.25, 0.3) is 0 Å². The van der Waals surface area contributed by atoms with Crippen LogP contribution >= 0.6 is 11.6 Å². The van der Waals surface area contributed by atoms with E-state index in [2.05, 4.69) is 0 Å². The molecule has 100 valence electrons. The summed E-state index contributed by atoms with van der Waals surface area (Å²) in [5, 5.41) is 0.683. The highest BCUT2D eigenvalue weighted by molar-refractivity contribution is 6.31. The van der Waals surface area contributed by atoms with E-state index in [0.29, 0.717) is 17.0 Å². The highest BCUT2D eigenvalue weighted by Gasteiger charge is 2.13. The third-order valence-electron chi connectivity index (χ3n) is 3.20. The molecule has 19 heavy (non-hydrogen) atoms. The van der Waals surface area contributed by atoms with Crippen molar-refractivity contribution in [1.29, 1.82) is 0 Å². The van der Waals surface area contributed by atoms with E-state index in [4.69, 9.17) is 17.3 Å². The fraction of sp³-hybridized carbons (Fsp3) is 0.250. The molecule has 0 bridgehead atoms. The molecule has 2 aromatic rings. The lowest BCUT2D eigenvalue weighted by Crippen LogP contribution is -2.15. The Bertz CT molecular complexity index is 595. The molecule has 3 heteroatoms. The van der Waals surface area contributed by atoms with Gasteiger partial charge < -0.3 is 5.73 Å². The maximum Gasteiger partial charge on any atom is 0.128 e. The third kappa shape index (κ3) is 3.34.